The molecular formula is C24H26N4O3. The fourth-order valence-corrected chi connectivity index (χ4v) is 4.73. The monoisotopic (exact) mass is 418 g/mol. The van der Waals surface area contributed by atoms with Gasteiger partial charge in [-0.3, -0.25) is 19.2 Å². The van der Waals surface area contributed by atoms with E-state index in [1.807, 2.05) is 44.2 Å². The minimum absolute atomic E-state index is 0.142. The lowest BCUT2D eigenvalue weighted by molar-refractivity contribution is -0.127. The van der Waals surface area contributed by atoms with Crippen molar-refractivity contribution in [3.05, 3.63) is 60.0 Å². The molecule has 1 aliphatic heterocycles. The molecule has 2 aliphatic rings. The Morgan fingerprint density at radius 2 is 1.97 bits per heavy atom. The number of nitrogens with zero attached hydrogens (tertiary/aromatic N) is 3. The van der Waals surface area contributed by atoms with Crippen LogP contribution in [0, 0.1) is 6.92 Å². The number of anilines is 1. The number of amides is 2. The highest BCUT2D eigenvalue weighted by Gasteiger charge is 2.49. The molecule has 0 spiro atoms. The van der Waals surface area contributed by atoms with Gasteiger partial charge in [0.05, 0.1) is 12.8 Å². The molecule has 7 nitrogen and oxygen atoms in total. The number of carbonyl (C=O) groups excluding carboxylic acids is 2. The number of nitrogens with one attached hydrogen (secondary N) is 1. The number of hydrogen-bond acceptors (Lipinski definition) is 4. The third-order valence-electron chi connectivity index (χ3n) is 6.46. The van der Waals surface area contributed by atoms with Gasteiger partial charge in [-0.25, -0.2) is 0 Å². The fourth-order valence-electron chi connectivity index (χ4n) is 4.73. The van der Waals surface area contributed by atoms with Gasteiger partial charge in [0.1, 0.15) is 16.9 Å². The second-order valence-corrected chi connectivity index (χ2v) is 8.71. The molecule has 1 N–H and O–H groups in total. The predicted octanol–water partition coefficient (Wildman–Crippen LogP) is 3.93. The van der Waals surface area contributed by atoms with Crippen LogP contribution in [-0.4, -0.2) is 33.2 Å². The molecule has 3 aromatic rings. The van der Waals surface area contributed by atoms with Crippen molar-refractivity contribution in [3.8, 4) is 11.5 Å². The average Bonchev–Trinajstić information content (AvgIpc) is 3.50. The minimum atomic E-state index is -1.11. The van der Waals surface area contributed by atoms with Gasteiger partial charge in [0.2, 0.25) is 5.91 Å². The van der Waals surface area contributed by atoms with Gasteiger partial charge in [-0.05, 0) is 50.5 Å². The molecule has 1 fully saturated rings. The van der Waals surface area contributed by atoms with Crippen LogP contribution in [0.2, 0.25) is 0 Å². The van der Waals surface area contributed by atoms with E-state index in [2.05, 4.69) is 10.4 Å². The van der Waals surface area contributed by atoms with Gasteiger partial charge < -0.3 is 9.73 Å². The van der Waals surface area contributed by atoms with Gasteiger partial charge >= 0.3 is 0 Å². The molecule has 2 aromatic heterocycles. The van der Waals surface area contributed by atoms with Gasteiger partial charge in [0.25, 0.3) is 5.91 Å². The largest absolute Gasteiger partial charge is 0.463 e. The Morgan fingerprint density at radius 3 is 2.68 bits per heavy atom. The molecule has 3 heterocycles. The number of rotatable bonds is 4. The van der Waals surface area contributed by atoms with Crippen LogP contribution in [-0.2, 0) is 11.3 Å². The second-order valence-electron chi connectivity index (χ2n) is 8.71. The highest BCUT2D eigenvalue weighted by Crippen LogP contribution is 2.36. The number of fused-ring (bicyclic) bond motifs is 1. The summed E-state index contributed by atoms with van der Waals surface area (Å²) in [7, 11) is 0. The SMILES string of the molecule is Cc1ccccc1N1C(=O)c2cc(-c3ccco3)nn2CC1(C)C(=O)NC1CCCC1. The van der Waals surface area contributed by atoms with E-state index in [-0.39, 0.29) is 24.4 Å². The van der Waals surface area contributed by atoms with Crippen molar-refractivity contribution in [2.24, 2.45) is 0 Å². The van der Waals surface area contributed by atoms with E-state index >= 15 is 0 Å². The number of aryl methyl sites for hydroxylation is 1. The zero-order valence-electron chi connectivity index (χ0n) is 17.8. The first-order valence-electron chi connectivity index (χ1n) is 10.8. The number of furan rings is 1. The summed E-state index contributed by atoms with van der Waals surface area (Å²) in [6.45, 7) is 4.05. The Labute approximate surface area is 181 Å². The van der Waals surface area contributed by atoms with E-state index < -0.39 is 5.54 Å². The lowest BCUT2D eigenvalue weighted by Crippen LogP contribution is -2.65. The Kier molecular flexibility index (Phi) is 4.68. The molecule has 1 aromatic carbocycles. The van der Waals surface area contributed by atoms with Crippen LogP contribution in [0.3, 0.4) is 0 Å². The minimum Gasteiger partial charge on any atom is -0.463 e. The smallest absolute Gasteiger partial charge is 0.277 e. The molecule has 2 amide bonds. The van der Waals surface area contributed by atoms with E-state index in [9.17, 15) is 9.59 Å². The van der Waals surface area contributed by atoms with Crippen LogP contribution in [0.15, 0.2) is 53.1 Å². The molecule has 5 rings (SSSR count). The van der Waals surface area contributed by atoms with Gasteiger partial charge in [-0.2, -0.15) is 5.10 Å². The van der Waals surface area contributed by atoms with E-state index in [0.29, 0.717) is 17.1 Å². The first-order chi connectivity index (χ1) is 15.0. The molecular weight excluding hydrogens is 392 g/mol. The number of benzene rings is 1. The molecule has 1 atom stereocenters. The van der Waals surface area contributed by atoms with Gasteiger partial charge in [0.15, 0.2) is 5.76 Å². The zero-order chi connectivity index (χ0) is 21.6. The average molecular weight is 418 g/mol. The third kappa shape index (κ3) is 3.24. The van der Waals surface area contributed by atoms with E-state index in [1.165, 1.54) is 0 Å². The molecule has 1 saturated carbocycles. The molecule has 1 aliphatic carbocycles. The second kappa shape index (κ2) is 7.41. The van der Waals surface area contributed by atoms with Crippen molar-refractivity contribution < 1.29 is 14.0 Å². The summed E-state index contributed by atoms with van der Waals surface area (Å²) < 4.78 is 7.11. The van der Waals surface area contributed by atoms with Crippen molar-refractivity contribution >= 4 is 17.5 Å². The Balaban J connectivity index is 1.60. The van der Waals surface area contributed by atoms with Crippen molar-refractivity contribution in [1.29, 1.82) is 0 Å². The van der Waals surface area contributed by atoms with Crippen molar-refractivity contribution in [3.63, 3.8) is 0 Å². The quantitative estimate of drug-likeness (QED) is 0.696. The van der Waals surface area contributed by atoms with Crippen LogP contribution < -0.4 is 10.2 Å². The molecule has 0 saturated heterocycles. The standard InChI is InChI=1S/C24H26N4O3/c1-16-8-3-6-11-19(16)28-22(29)20-14-18(21-12-7-13-31-21)26-27(20)15-24(28,2)23(30)25-17-9-4-5-10-17/h3,6-8,11-14,17H,4-5,9-10,15H2,1-2H3,(H,25,30). The van der Waals surface area contributed by atoms with E-state index in [0.717, 1.165) is 36.9 Å². The molecule has 0 bridgehead atoms. The molecule has 0 radical (unpaired) electrons. The van der Waals surface area contributed by atoms with E-state index in [4.69, 9.17) is 4.42 Å². The van der Waals surface area contributed by atoms with Crippen LogP contribution in [0.1, 0.15) is 48.7 Å². The topological polar surface area (TPSA) is 80.4 Å². The Morgan fingerprint density at radius 1 is 1.19 bits per heavy atom. The first kappa shape index (κ1) is 19.6. The normalized spacial score (nSPS) is 21.4. The summed E-state index contributed by atoms with van der Waals surface area (Å²) in [5.41, 5.74) is 1.60. The number of aromatic nitrogens is 2. The molecule has 1 unspecified atom stereocenters. The maximum atomic E-state index is 13.8. The van der Waals surface area contributed by atoms with Crippen molar-refractivity contribution in [2.75, 3.05) is 4.90 Å². The lowest BCUT2D eigenvalue weighted by atomic mass is 9.92. The Bertz CT molecular complexity index is 1130. The number of carbonyl (C=O) groups is 2. The summed E-state index contributed by atoms with van der Waals surface area (Å²) in [5, 5.41) is 7.80. The summed E-state index contributed by atoms with van der Waals surface area (Å²) in [6, 6.07) is 13.2. The highest BCUT2D eigenvalue weighted by atomic mass is 16.3. The first-order valence-corrected chi connectivity index (χ1v) is 10.8. The fraction of sp³-hybridized carbons (Fsp3) is 0.375. The van der Waals surface area contributed by atoms with Gasteiger partial charge in [-0.1, -0.05) is 31.0 Å². The molecule has 31 heavy (non-hydrogen) atoms. The van der Waals surface area contributed by atoms with Crippen molar-refractivity contribution in [1.82, 2.24) is 15.1 Å². The van der Waals surface area contributed by atoms with Crippen LogP contribution in [0.5, 0.6) is 0 Å². The number of hydrogen-bond donors (Lipinski definition) is 1. The summed E-state index contributed by atoms with van der Waals surface area (Å²) >= 11 is 0. The summed E-state index contributed by atoms with van der Waals surface area (Å²) in [4.78, 5) is 29.0. The van der Waals surface area contributed by atoms with Gasteiger partial charge in [-0.15, -0.1) is 0 Å². The van der Waals surface area contributed by atoms with Crippen LogP contribution in [0.25, 0.3) is 11.5 Å². The van der Waals surface area contributed by atoms with E-state index in [1.54, 1.807) is 28.0 Å². The van der Waals surface area contributed by atoms with Crippen LogP contribution >= 0.6 is 0 Å². The maximum absolute atomic E-state index is 13.8. The van der Waals surface area contributed by atoms with Gasteiger partial charge in [0, 0.05) is 17.8 Å². The zero-order valence-corrected chi connectivity index (χ0v) is 17.8. The summed E-state index contributed by atoms with van der Waals surface area (Å²) in [5.74, 6) is 0.209. The third-order valence-corrected chi connectivity index (χ3v) is 6.46. The maximum Gasteiger partial charge on any atom is 0.277 e. The van der Waals surface area contributed by atoms with Crippen LogP contribution in [0.4, 0.5) is 5.69 Å². The number of para-hydroxylation sites is 1. The predicted molar refractivity (Wildman–Crippen MR) is 117 cm³/mol. The molecule has 160 valence electrons. The molecule has 7 heteroatoms. The highest BCUT2D eigenvalue weighted by molar-refractivity contribution is 6.12. The summed E-state index contributed by atoms with van der Waals surface area (Å²) in [6.07, 6.45) is 5.79. The van der Waals surface area contributed by atoms with Crippen molar-refractivity contribution in [2.45, 2.75) is 57.7 Å². The lowest BCUT2D eigenvalue weighted by Gasteiger charge is -2.44. The Hall–Kier alpha value is -3.35.